The summed E-state index contributed by atoms with van der Waals surface area (Å²) in [4.78, 5) is 16.6. The molecule has 0 saturated carbocycles. The van der Waals surface area contributed by atoms with Crippen LogP contribution in [0.15, 0.2) is 22.1 Å². The number of hydrogen-bond acceptors (Lipinski definition) is 3. The Balaban J connectivity index is 1.82. The van der Waals surface area contributed by atoms with Crippen LogP contribution in [0.4, 0.5) is 11.4 Å². The summed E-state index contributed by atoms with van der Waals surface area (Å²) in [7, 11) is 0. The number of hydrogen-bond donors (Lipinski definition) is 1. The monoisotopic (exact) mass is 248 g/mol. The molecule has 1 saturated heterocycles. The van der Waals surface area contributed by atoms with Gasteiger partial charge in [0.25, 0.3) is 0 Å². The van der Waals surface area contributed by atoms with Crippen molar-refractivity contribution in [2.75, 3.05) is 13.2 Å². The maximum absolute atomic E-state index is 12.3. The molecule has 0 bridgehead atoms. The van der Waals surface area contributed by atoms with Crippen molar-refractivity contribution in [3.63, 3.8) is 0 Å². The molecule has 3 rings (SSSR count). The van der Waals surface area contributed by atoms with E-state index in [4.69, 9.17) is 4.74 Å². The van der Waals surface area contributed by atoms with Crippen molar-refractivity contribution in [2.24, 2.45) is 10.9 Å². The number of aliphatic imine (C=N–C) groups is 1. The third-order valence-electron chi connectivity index (χ3n) is 3.63. The van der Waals surface area contributed by atoms with Crippen molar-refractivity contribution in [1.29, 1.82) is 0 Å². The fourth-order valence-corrected chi connectivity index (χ4v) is 2.60. The highest BCUT2D eigenvalue weighted by atomic mass is 16.5. The highest BCUT2D eigenvalue weighted by molar-refractivity contribution is 5.82. The first-order chi connectivity index (χ1) is 8.74. The van der Waals surface area contributed by atoms with Crippen molar-refractivity contribution in [3.8, 4) is 0 Å². The summed E-state index contributed by atoms with van der Waals surface area (Å²) in [6.45, 7) is 4.35. The van der Waals surface area contributed by atoms with Crippen molar-refractivity contribution in [2.45, 2.75) is 26.3 Å². The Labute approximate surface area is 105 Å². The van der Waals surface area contributed by atoms with Crippen molar-refractivity contribution < 1.29 is 10.1 Å². The van der Waals surface area contributed by atoms with E-state index < -0.39 is 0 Å². The zero-order valence-electron chi connectivity index (χ0n) is 10.6. The lowest BCUT2D eigenvalue weighted by atomic mass is 10.0. The van der Waals surface area contributed by atoms with Gasteiger partial charge in [0, 0.05) is 32.9 Å². The van der Waals surface area contributed by atoms with E-state index in [-0.39, 0.29) is 5.56 Å². The average molecular weight is 248 g/mol. The first kappa shape index (κ1) is 11.6. The molecule has 0 unspecified atom stereocenters. The van der Waals surface area contributed by atoms with Crippen LogP contribution in [0, 0.1) is 5.92 Å². The standard InChI is InChI=1S/C13H17N3O2/c1-9-14-11-2-5-16(13(17)12(11)15-9)8-10-3-6-18-7-4-10/h2,5,10H,3-4,6-8H2,1H3,(H,14,15)/p+1. The van der Waals surface area contributed by atoms with Gasteiger partial charge in [0.15, 0.2) is 0 Å². The number of fused-ring (bicyclic) bond motifs is 1. The van der Waals surface area contributed by atoms with Crippen molar-refractivity contribution in [3.05, 3.63) is 22.6 Å². The molecule has 5 nitrogen and oxygen atoms in total. The second-order valence-electron chi connectivity index (χ2n) is 5.03. The summed E-state index contributed by atoms with van der Waals surface area (Å²) >= 11 is 0. The molecule has 5 heteroatoms. The number of aromatic nitrogens is 1. The molecule has 96 valence electrons. The number of ether oxygens (including phenoxy) is 1. The van der Waals surface area contributed by atoms with Crippen molar-refractivity contribution in [1.82, 2.24) is 4.57 Å². The SMILES string of the molecule is CC1=Nc2ccn(CC3CCOCC3)c(=O)c2[NH2+]1. The van der Waals surface area contributed by atoms with Crippen LogP contribution in [0.2, 0.25) is 0 Å². The highest BCUT2D eigenvalue weighted by Crippen LogP contribution is 2.21. The number of nitrogens with zero attached hydrogens (tertiary/aromatic N) is 2. The van der Waals surface area contributed by atoms with E-state index in [0.29, 0.717) is 5.92 Å². The molecule has 3 heterocycles. The molecule has 1 aromatic rings. The van der Waals surface area contributed by atoms with Crippen LogP contribution in [0.3, 0.4) is 0 Å². The molecule has 2 aliphatic heterocycles. The van der Waals surface area contributed by atoms with E-state index in [1.807, 2.05) is 29.1 Å². The summed E-state index contributed by atoms with van der Waals surface area (Å²) in [5, 5.41) is 1.87. The van der Waals surface area contributed by atoms with Gasteiger partial charge in [0.1, 0.15) is 5.69 Å². The van der Waals surface area contributed by atoms with Gasteiger partial charge < -0.3 is 9.30 Å². The Bertz CT molecular complexity index is 542. The molecule has 0 amide bonds. The van der Waals surface area contributed by atoms with E-state index in [2.05, 4.69) is 4.99 Å². The lowest BCUT2D eigenvalue weighted by Gasteiger charge is -2.22. The molecular formula is C13H18N3O2+. The summed E-state index contributed by atoms with van der Waals surface area (Å²) in [5.41, 5.74) is 1.63. The molecule has 1 aromatic heterocycles. The Hall–Kier alpha value is -1.46. The fourth-order valence-electron chi connectivity index (χ4n) is 2.60. The van der Waals surface area contributed by atoms with Crippen LogP contribution in [-0.2, 0) is 11.3 Å². The maximum atomic E-state index is 12.3. The molecule has 0 radical (unpaired) electrons. The summed E-state index contributed by atoms with van der Waals surface area (Å²) < 4.78 is 7.16. The largest absolute Gasteiger partial charge is 0.381 e. The van der Waals surface area contributed by atoms with Gasteiger partial charge in [0.05, 0.1) is 0 Å². The predicted molar refractivity (Wildman–Crippen MR) is 68.6 cm³/mol. The molecule has 2 N–H and O–H groups in total. The van der Waals surface area contributed by atoms with Gasteiger partial charge in [-0.2, -0.15) is 4.99 Å². The first-order valence-electron chi connectivity index (χ1n) is 6.45. The zero-order valence-corrected chi connectivity index (χ0v) is 10.6. The third-order valence-corrected chi connectivity index (χ3v) is 3.63. The first-order valence-corrected chi connectivity index (χ1v) is 6.45. The second kappa shape index (κ2) is 4.66. The molecule has 2 aliphatic rings. The van der Waals surface area contributed by atoms with E-state index in [1.165, 1.54) is 0 Å². The van der Waals surface area contributed by atoms with Gasteiger partial charge in [-0.3, -0.25) is 10.1 Å². The summed E-state index contributed by atoms with van der Waals surface area (Å²) in [6, 6.07) is 1.93. The van der Waals surface area contributed by atoms with Crippen molar-refractivity contribution >= 4 is 17.2 Å². The Kier molecular flexibility index (Phi) is 3.01. The molecule has 18 heavy (non-hydrogen) atoms. The van der Waals surface area contributed by atoms with Gasteiger partial charge in [-0.05, 0) is 24.8 Å². The number of quaternary nitrogens is 1. The molecular weight excluding hydrogens is 230 g/mol. The van der Waals surface area contributed by atoms with E-state index in [9.17, 15) is 4.79 Å². The molecule has 1 fully saturated rings. The number of rotatable bonds is 2. The maximum Gasteiger partial charge on any atom is 0.314 e. The van der Waals surface area contributed by atoms with Gasteiger partial charge in [-0.1, -0.05) is 0 Å². The minimum absolute atomic E-state index is 0.0830. The second-order valence-corrected chi connectivity index (χ2v) is 5.03. The summed E-state index contributed by atoms with van der Waals surface area (Å²) in [5.74, 6) is 1.46. The van der Waals surface area contributed by atoms with Crippen LogP contribution in [0.1, 0.15) is 19.8 Å². The molecule has 0 spiro atoms. The Morgan fingerprint density at radius 3 is 3.06 bits per heavy atom. The topological polar surface area (TPSA) is 60.2 Å². The summed E-state index contributed by atoms with van der Waals surface area (Å²) in [6.07, 6.45) is 3.96. The van der Waals surface area contributed by atoms with E-state index in [0.717, 1.165) is 49.8 Å². The number of amidine groups is 1. The lowest BCUT2D eigenvalue weighted by Crippen LogP contribution is -2.81. The van der Waals surface area contributed by atoms with Crippen LogP contribution in [0.25, 0.3) is 0 Å². The Morgan fingerprint density at radius 1 is 1.50 bits per heavy atom. The van der Waals surface area contributed by atoms with Gasteiger partial charge in [-0.15, -0.1) is 0 Å². The van der Waals surface area contributed by atoms with Crippen LogP contribution >= 0.6 is 0 Å². The van der Waals surface area contributed by atoms with E-state index in [1.54, 1.807) is 0 Å². The third kappa shape index (κ3) is 2.11. The van der Waals surface area contributed by atoms with Crippen LogP contribution < -0.4 is 10.9 Å². The van der Waals surface area contributed by atoms with Gasteiger partial charge in [-0.25, -0.2) is 0 Å². The van der Waals surface area contributed by atoms with E-state index >= 15 is 0 Å². The predicted octanol–water partition coefficient (Wildman–Crippen LogP) is 0.533. The van der Waals surface area contributed by atoms with Crippen LogP contribution in [0.5, 0.6) is 0 Å². The Morgan fingerprint density at radius 2 is 2.28 bits per heavy atom. The number of nitrogens with two attached hydrogens (primary N) is 1. The lowest BCUT2D eigenvalue weighted by molar-refractivity contribution is -0.440. The molecule has 0 aromatic carbocycles. The number of pyridine rings is 1. The zero-order chi connectivity index (χ0) is 12.5. The normalized spacial score (nSPS) is 19.7. The average Bonchev–Trinajstić information content (AvgIpc) is 2.76. The van der Waals surface area contributed by atoms with Gasteiger partial charge in [0.2, 0.25) is 11.5 Å². The van der Waals surface area contributed by atoms with Gasteiger partial charge >= 0.3 is 5.56 Å². The van der Waals surface area contributed by atoms with Crippen LogP contribution in [-0.4, -0.2) is 23.6 Å². The minimum atomic E-state index is 0.0830. The minimum Gasteiger partial charge on any atom is -0.381 e. The molecule has 0 aliphatic carbocycles. The molecule has 0 atom stereocenters. The quantitative estimate of drug-likeness (QED) is 0.830. The highest BCUT2D eigenvalue weighted by Gasteiger charge is 2.22. The smallest absolute Gasteiger partial charge is 0.314 e. The fraction of sp³-hybridized carbons (Fsp3) is 0.538.